The number of carbonyl (C=O) groups is 1. The number of hydrogen-bond donors (Lipinski definition) is 0. The van der Waals surface area contributed by atoms with Gasteiger partial charge in [0.15, 0.2) is 0 Å². The molecule has 3 rings (SSSR count). The number of alkyl halides is 2. The molecule has 0 spiro atoms. The van der Waals surface area contributed by atoms with Gasteiger partial charge in [0.1, 0.15) is 11.6 Å². The maximum absolute atomic E-state index is 14.6. The van der Waals surface area contributed by atoms with Gasteiger partial charge in [-0.15, -0.1) is 0 Å². The van der Waals surface area contributed by atoms with E-state index in [2.05, 4.69) is 30.5 Å². The molecule has 0 amide bonds. The van der Waals surface area contributed by atoms with Gasteiger partial charge in [0.2, 0.25) is 0 Å². The average molecular weight is 429 g/mol. The first-order chi connectivity index (χ1) is 12.4. The summed E-state index contributed by atoms with van der Waals surface area (Å²) in [7, 11) is 1.17. The second-order valence-corrected chi connectivity index (χ2v) is 6.15. The summed E-state index contributed by atoms with van der Waals surface area (Å²) in [5.74, 6) is -1.49. The van der Waals surface area contributed by atoms with E-state index in [0.717, 1.165) is 0 Å². The Morgan fingerprint density at radius 2 is 2.12 bits per heavy atom. The van der Waals surface area contributed by atoms with Crippen LogP contribution in [0.2, 0.25) is 0 Å². The number of aromatic nitrogens is 2. The Balaban J connectivity index is 1.99. The molecule has 9 heteroatoms. The number of halogens is 4. The van der Waals surface area contributed by atoms with Crippen LogP contribution in [0.5, 0.6) is 5.75 Å². The molecule has 0 aliphatic heterocycles. The van der Waals surface area contributed by atoms with Crippen LogP contribution in [0.15, 0.2) is 41.0 Å². The Kier molecular flexibility index (Phi) is 5.17. The first-order valence-electron chi connectivity index (χ1n) is 7.36. The molecule has 5 nitrogen and oxygen atoms in total. The molecule has 0 aliphatic rings. The zero-order valence-electron chi connectivity index (χ0n) is 13.4. The van der Waals surface area contributed by atoms with Crippen LogP contribution in [0.1, 0.15) is 15.9 Å². The second-order valence-electron chi connectivity index (χ2n) is 5.29. The van der Waals surface area contributed by atoms with Crippen LogP contribution < -0.4 is 4.74 Å². The lowest BCUT2D eigenvalue weighted by molar-refractivity contribution is -0.0497. The molecule has 0 radical (unpaired) electrons. The third kappa shape index (κ3) is 3.52. The van der Waals surface area contributed by atoms with Crippen LogP contribution in [0, 0.1) is 5.82 Å². The Hall–Kier alpha value is -2.55. The minimum Gasteiger partial charge on any atom is -0.465 e. The number of methoxy groups -OCH3 is 1. The van der Waals surface area contributed by atoms with Crippen molar-refractivity contribution < 1.29 is 27.4 Å². The molecular formula is C17H12BrF3N2O3. The third-order valence-corrected chi connectivity index (χ3v) is 4.29. The van der Waals surface area contributed by atoms with Crippen molar-refractivity contribution in [2.24, 2.45) is 0 Å². The smallest absolute Gasteiger partial charge is 0.387 e. The Morgan fingerprint density at radius 1 is 1.35 bits per heavy atom. The summed E-state index contributed by atoms with van der Waals surface area (Å²) in [6.07, 6.45) is 1.46. The van der Waals surface area contributed by atoms with Crippen molar-refractivity contribution in [1.82, 2.24) is 9.78 Å². The fourth-order valence-electron chi connectivity index (χ4n) is 2.58. The summed E-state index contributed by atoms with van der Waals surface area (Å²) in [6.45, 7) is -2.90. The molecule has 0 aliphatic carbocycles. The maximum atomic E-state index is 14.6. The van der Waals surface area contributed by atoms with Crippen molar-refractivity contribution in [2.75, 3.05) is 7.11 Å². The Morgan fingerprint density at radius 3 is 2.81 bits per heavy atom. The number of hydrogen-bond acceptors (Lipinski definition) is 4. The van der Waals surface area contributed by atoms with Crippen molar-refractivity contribution in [1.29, 1.82) is 0 Å². The van der Waals surface area contributed by atoms with Crippen molar-refractivity contribution in [3.05, 3.63) is 57.9 Å². The summed E-state index contributed by atoms with van der Waals surface area (Å²) in [5.41, 5.74) is 0.639. The Labute approximate surface area is 154 Å². The van der Waals surface area contributed by atoms with Gasteiger partial charge in [-0.3, -0.25) is 4.68 Å². The van der Waals surface area contributed by atoms with Crippen LogP contribution in [0.25, 0.3) is 10.9 Å². The van der Waals surface area contributed by atoms with Gasteiger partial charge in [0.25, 0.3) is 0 Å². The highest BCUT2D eigenvalue weighted by molar-refractivity contribution is 9.10. The van der Waals surface area contributed by atoms with Crippen LogP contribution >= 0.6 is 15.9 Å². The molecule has 136 valence electrons. The highest BCUT2D eigenvalue weighted by Gasteiger charge is 2.17. The largest absolute Gasteiger partial charge is 0.465 e. The fraction of sp³-hybridized carbons (Fsp3) is 0.176. The third-order valence-electron chi connectivity index (χ3n) is 3.69. The average Bonchev–Trinajstić information content (AvgIpc) is 2.98. The number of fused-ring (bicyclic) bond motifs is 1. The number of carbonyl (C=O) groups excluding carboxylic acids is 1. The van der Waals surface area contributed by atoms with Crippen molar-refractivity contribution in [2.45, 2.75) is 13.2 Å². The minimum absolute atomic E-state index is 0.0159. The van der Waals surface area contributed by atoms with Crippen molar-refractivity contribution in [3.63, 3.8) is 0 Å². The fourth-order valence-corrected chi connectivity index (χ4v) is 3.24. The van der Waals surface area contributed by atoms with E-state index < -0.39 is 18.4 Å². The number of rotatable bonds is 5. The zero-order chi connectivity index (χ0) is 18.8. The number of benzene rings is 2. The summed E-state index contributed by atoms with van der Waals surface area (Å²) < 4.78 is 50.2. The Bertz CT molecular complexity index is 975. The summed E-state index contributed by atoms with van der Waals surface area (Å²) in [4.78, 5) is 11.6. The van der Waals surface area contributed by atoms with E-state index >= 15 is 0 Å². The van der Waals surface area contributed by atoms with E-state index in [1.165, 1.54) is 42.3 Å². The van der Waals surface area contributed by atoms with Gasteiger partial charge >= 0.3 is 12.6 Å². The highest BCUT2D eigenvalue weighted by atomic mass is 79.9. The van der Waals surface area contributed by atoms with E-state index in [-0.39, 0.29) is 23.4 Å². The maximum Gasteiger partial charge on any atom is 0.387 e. The number of esters is 1. The van der Waals surface area contributed by atoms with Gasteiger partial charge in [-0.2, -0.15) is 13.9 Å². The van der Waals surface area contributed by atoms with E-state index in [1.807, 2.05) is 0 Å². The first kappa shape index (κ1) is 18.2. The predicted octanol–water partition coefficient (Wildman–Crippen LogP) is 4.37. The molecule has 0 saturated carbocycles. The lowest BCUT2D eigenvalue weighted by Crippen LogP contribution is -2.10. The molecule has 2 aromatic carbocycles. The molecule has 0 unspecified atom stereocenters. The van der Waals surface area contributed by atoms with Crippen LogP contribution in [0.4, 0.5) is 13.2 Å². The molecule has 3 aromatic rings. The molecule has 0 saturated heterocycles. The standard InChI is InChI=1S/C17H12BrF3N2O3/c1-25-16(24)12-4-2-3-9(14(12)19)8-23-15-10(7-22-23)5-11(6-13(15)18)26-17(20)21/h2-7,17H,8H2,1H3. The minimum atomic E-state index is -2.94. The van der Waals surface area contributed by atoms with Crippen LogP contribution in [-0.2, 0) is 11.3 Å². The van der Waals surface area contributed by atoms with Crippen LogP contribution in [-0.4, -0.2) is 29.5 Å². The SMILES string of the molecule is COC(=O)c1cccc(Cn2ncc3cc(OC(F)F)cc(Br)c32)c1F. The lowest BCUT2D eigenvalue weighted by atomic mass is 10.1. The lowest BCUT2D eigenvalue weighted by Gasteiger charge is -2.10. The van der Waals surface area contributed by atoms with Crippen LogP contribution in [0.3, 0.4) is 0 Å². The molecule has 1 heterocycles. The molecule has 26 heavy (non-hydrogen) atoms. The summed E-state index contributed by atoms with van der Waals surface area (Å²) in [6, 6.07) is 7.19. The van der Waals surface area contributed by atoms with E-state index in [0.29, 0.717) is 15.4 Å². The van der Waals surface area contributed by atoms with Gasteiger partial charge < -0.3 is 9.47 Å². The molecular weight excluding hydrogens is 417 g/mol. The first-order valence-corrected chi connectivity index (χ1v) is 8.15. The van der Waals surface area contributed by atoms with Gasteiger partial charge in [-0.25, -0.2) is 9.18 Å². The molecule has 0 atom stereocenters. The quantitative estimate of drug-likeness (QED) is 0.566. The molecule has 0 bridgehead atoms. The van der Waals surface area contributed by atoms with E-state index in [1.54, 1.807) is 6.07 Å². The summed E-state index contributed by atoms with van der Waals surface area (Å²) in [5, 5.41) is 4.71. The summed E-state index contributed by atoms with van der Waals surface area (Å²) >= 11 is 3.29. The van der Waals surface area contributed by atoms with E-state index in [9.17, 15) is 18.0 Å². The molecule has 1 aromatic heterocycles. The van der Waals surface area contributed by atoms with Crippen molar-refractivity contribution in [3.8, 4) is 5.75 Å². The van der Waals surface area contributed by atoms with E-state index in [4.69, 9.17) is 0 Å². The van der Waals surface area contributed by atoms with Gasteiger partial charge in [-0.05, 0) is 34.1 Å². The predicted molar refractivity (Wildman–Crippen MR) is 90.9 cm³/mol. The highest BCUT2D eigenvalue weighted by Crippen LogP contribution is 2.31. The van der Waals surface area contributed by atoms with Gasteiger partial charge in [0, 0.05) is 15.4 Å². The van der Waals surface area contributed by atoms with Crippen molar-refractivity contribution >= 4 is 32.8 Å². The normalized spacial score (nSPS) is 11.2. The van der Waals surface area contributed by atoms with Gasteiger partial charge in [0.05, 0.1) is 30.9 Å². The zero-order valence-corrected chi connectivity index (χ0v) is 15.0. The number of ether oxygens (including phenoxy) is 2. The number of nitrogens with zero attached hydrogens (tertiary/aromatic N) is 2. The molecule has 0 N–H and O–H groups in total. The topological polar surface area (TPSA) is 53.4 Å². The monoisotopic (exact) mass is 428 g/mol. The second kappa shape index (κ2) is 7.36. The molecule has 0 fully saturated rings. The van der Waals surface area contributed by atoms with Gasteiger partial charge in [-0.1, -0.05) is 12.1 Å².